The summed E-state index contributed by atoms with van der Waals surface area (Å²) in [5, 5.41) is 0. The quantitative estimate of drug-likeness (QED) is 0.0247. The van der Waals surface area contributed by atoms with Crippen LogP contribution in [0.5, 0.6) is 0 Å². The number of esters is 6. The van der Waals surface area contributed by atoms with E-state index in [-0.39, 0.29) is 32.7 Å². The predicted octanol–water partition coefficient (Wildman–Crippen LogP) is 11.0. The van der Waals surface area contributed by atoms with Crippen molar-refractivity contribution in [2.75, 3.05) is 26.4 Å². The van der Waals surface area contributed by atoms with Gasteiger partial charge in [-0.25, -0.2) is 0 Å². The van der Waals surface area contributed by atoms with Crippen LogP contribution >= 0.6 is 0 Å². The third kappa shape index (κ3) is 33.6. The maximum atomic E-state index is 12.9. The molecular weight excluding hydrogens is 873 g/mol. The highest BCUT2D eigenvalue weighted by Gasteiger charge is 2.53. The van der Waals surface area contributed by atoms with Crippen molar-refractivity contribution in [3.63, 3.8) is 0 Å². The molecule has 0 aromatic rings. The molecule has 384 valence electrons. The Morgan fingerprint density at radius 1 is 0.441 bits per heavy atom. The van der Waals surface area contributed by atoms with Gasteiger partial charge in [0.1, 0.15) is 12.7 Å². The van der Waals surface area contributed by atoms with E-state index in [0.717, 1.165) is 124 Å². The van der Waals surface area contributed by atoms with Crippen molar-refractivity contribution in [2.24, 2.45) is 5.92 Å². The standard InChI is InChI=1S/C54H84O14/c1-7-9-11-13-15-17-19-21-23-25-27-29-31-33-35-37-49(59)62-39-47(40-63-50(60)38-36-34-32-30-28-26-24-22-20-18-16-14-12-10-8-2)41-64-54-53(67-46(6)58)52(66-45(5)57)51(65-44(4)56)48(68-54)42-61-43(3)55/h9-12,15-18,21-24,47-48,51-54H,7-8,13-14,19-20,25-42H2,1-6H3/b11-9-,12-10-,17-15-,18-16-,23-21-,24-22-/t48-,51+,52+,53-,54-/m1/s1. The fraction of sp³-hybridized carbons (Fsp3) is 0.667. The van der Waals surface area contributed by atoms with E-state index in [9.17, 15) is 28.8 Å². The molecule has 1 heterocycles. The van der Waals surface area contributed by atoms with Crippen LogP contribution in [-0.2, 0) is 66.7 Å². The summed E-state index contributed by atoms with van der Waals surface area (Å²) in [6, 6.07) is 0. The van der Waals surface area contributed by atoms with E-state index in [2.05, 4.69) is 86.8 Å². The molecule has 14 nitrogen and oxygen atoms in total. The van der Waals surface area contributed by atoms with Crippen molar-refractivity contribution >= 4 is 35.8 Å². The summed E-state index contributed by atoms with van der Waals surface area (Å²) < 4.78 is 45.1. The second kappa shape index (κ2) is 41.2. The van der Waals surface area contributed by atoms with Crippen molar-refractivity contribution in [1.29, 1.82) is 0 Å². The number of hydrogen-bond donors (Lipinski definition) is 0. The summed E-state index contributed by atoms with van der Waals surface area (Å²) in [6.45, 7) is 7.86. The summed E-state index contributed by atoms with van der Waals surface area (Å²) in [7, 11) is 0. The molecule has 1 saturated heterocycles. The predicted molar refractivity (Wildman–Crippen MR) is 262 cm³/mol. The van der Waals surface area contributed by atoms with Crippen LogP contribution in [-0.4, -0.2) is 92.9 Å². The Hall–Kier alpha value is -4.82. The van der Waals surface area contributed by atoms with Crippen molar-refractivity contribution in [3.8, 4) is 0 Å². The highest BCUT2D eigenvalue weighted by Crippen LogP contribution is 2.30. The summed E-state index contributed by atoms with van der Waals surface area (Å²) in [5.41, 5.74) is 0. The molecule has 5 atom stereocenters. The van der Waals surface area contributed by atoms with E-state index >= 15 is 0 Å². The minimum absolute atomic E-state index is 0.157. The van der Waals surface area contributed by atoms with Crippen LogP contribution in [0, 0.1) is 5.92 Å². The number of allylic oxidation sites excluding steroid dienone is 12. The molecule has 1 aliphatic heterocycles. The molecule has 68 heavy (non-hydrogen) atoms. The maximum Gasteiger partial charge on any atom is 0.305 e. The zero-order valence-corrected chi connectivity index (χ0v) is 42.1. The molecule has 0 saturated carbocycles. The van der Waals surface area contributed by atoms with E-state index in [1.54, 1.807) is 0 Å². The Balaban J connectivity index is 2.85. The largest absolute Gasteiger partial charge is 0.465 e. The third-order valence-corrected chi connectivity index (χ3v) is 10.5. The number of carbonyl (C=O) groups excluding carboxylic acids is 6. The van der Waals surface area contributed by atoms with Gasteiger partial charge in [-0.1, -0.05) is 125 Å². The highest BCUT2D eigenvalue weighted by atomic mass is 16.7. The van der Waals surface area contributed by atoms with Crippen LogP contribution in [0.15, 0.2) is 72.9 Å². The molecule has 0 aromatic heterocycles. The van der Waals surface area contributed by atoms with Gasteiger partial charge in [-0.3, -0.25) is 28.8 Å². The molecule has 1 fully saturated rings. The minimum atomic E-state index is -1.44. The van der Waals surface area contributed by atoms with E-state index in [1.807, 2.05) is 0 Å². The lowest BCUT2D eigenvalue weighted by Crippen LogP contribution is -2.63. The molecule has 0 amide bonds. The normalized spacial score (nSPS) is 18.7. The van der Waals surface area contributed by atoms with Crippen LogP contribution in [0.3, 0.4) is 0 Å². The zero-order chi connectivity index (χ0) is 50.0. The molecule has 14 heteroatoms. The topological polar surface area (TPSA) is 176 Å². The van der Waals surface area contributed by atoms with Crippen LogP contribution in [0.4, 0.5) is 0 Å². The van der Waals surface area contributed by atoms with Gasteiger partial charge in [0.15, 0.2) is 24.6 Å². The Morgan fingerprint density at radius 3 is 1.28 bits per heavy atom. The van der Waals surface area contributed by atoms with Gasteiger partial charge < -0.3 is 37.9 Å². The summed E-state index contributed by atoms with van der Waals surface area (Å²) in [6.07, 6.45) is 37.1. The molecule has 0 aliphatic carbocycles. The number of unbranched alkanes of at least 4 members (excludes halogenated alkanes) is 10. The molecule has 0 bridgehead atoms. The fourth-order valence-electron chi connectivity index (χ4n) is 7.04. The fourth-order valence-corrected chi connectivity index (χ4v) is 7.04. The van der Waals surface area contributed by atoms with E-state index < -0.39 is 79.0 Å². The number of rotatable bonds is 38. The maximum absolute atomic E-state index is 12.9. The van der Waals surface area contributed by atoms with Crippen LogP contribution in [0.2, 0.25) is 0 Å². The SMILES string of the molecule is CC/C=C\C/C=C\C/C=C\CCCCCCCC(=O)OCC(COC(=O)CCCCCCC/C=C\C/C=C\C/C=C\CC)CO[C@@H]1O[C@H](COC(C)=O)[C@H](OC(C)=O)[C@H](OC(C)=O)[C@H]1OC(C)=O. The van der Waals surface area contributed by atoms with Gasteiger partial charge in [0.2, 0.25) is 0 Å². The molecule has 1 rings (SSSR count). The molecule has 0 radical (unpaired) electrons. The Bertz CT molecular complexity index is 1520. The van der Waals surface area contributed by atoms with Gasteiger partial charge in [-0.15, -0.1) is 0 Å². The van der Waals surface area contributed by atoms with Crippen LogP contribution in [0.1, 0.15) is 170 Å². The van der Waals surface area contributed by atoms with Gasteiger partial charge >= 0.3 is 35.8 Å². The first kappa shape index (κ1) is 61.2. The average Bonchev–Trinajstić information content (AvgIpc) is 3.29. The van der Waals surface area contributed by atoms with Gasteiger partial charge in [0.05, 0.1) is 25.7 Å². The first-order valence-electron chi connectivity index (χ1n) is 25.0. The zero-order valence-electron chi connectivity index (χ0n) is 42.1. The van der Waals surface area contributed by atoms with E-state index in [0.29, 0.717) is 12.8 Å². The number of hydrogen-bond acceptors (Lipinski definition) is 14. The smallest absolute Gasteiger partial charge is 0.305 e. The number of ether oxygens (including phenoxy) is 8. The molecule has 0 N–H and O–H groups in total. The van der Waals surface area contributed by atoms with Gasteiger partial charge in [0.25, 0.3) is 0 Å². The average molecular weight is 957 g/mol. The van der Waals surface area contributed by atoms with Crippen molar-refractivity contribution in [1.82, 2.24) is 0 Å². The highest BCUT2D eigenvalue weighted by molar-refractivity contribution is 5.70. The van der Waals surface area contributed by atoms with Gasteiger partial charge in [0, 0.05) is 40.5 Å². The summed E-state index contributed by atoms with van der Waals surface area (Å²) >= 11 is 0. The van der Waals surface area contributed by atoms with Crippen LogP contribution in [0.25, 0.3) is 0 Å². The molecule has 0 spiro atoms. The van der Waals surface area contributed by atoms with Gasteiger partial charge in [-0.2, -0.15) is 0 Å². The minimum Gasteiger partial charge on any atom is -0.465 e. The molecule has 0 unspecified atom stereocenters. The molecule has 1 aliphatic rings. The van der Waals surface area contributed by atoms with Crippen molar-refractivity contribution < 1.29 is 66.7 Å². The Kier molecular flexibility index (Phi) is 37.1. The first-order chi connectivity index (χ1) is 32.9. The second-order valence-electron chi connectivity index (χ2n) is 16.8. The van der Waals surface area contributed by atoms with E-state index in [1.165, 1.54) is 6.92 Å². The van der Waals surface area contributed by atoms with Crippen molar-refractivity contribution in [3.05, 3.63) is 72.9 Å². The first-order valence-corrected chi connectivity index (χ1v) is 25.0. The lowest BCUT2D eigenvalue weighted by Gasteiger charge is -2.44. The molecule has 0 aromatic carbocycles. The number of carbonyl (C=O) groups is 6. The Labute approximate surface area is 407 Å². The summed E-state index contributed by atoms with van der Waals surface area (Å²) in [5.74, 6) is -4.46. The third-order valence-electron chi connectivity index (χ3n) is 10.5. The lowest BCUT2D eigenvalue weighted by molar-refractivity contribution is -0.310. The Morgan fingerprint density at radius 2 is 0.838 bits per heavy atom. The molecular formula is C54H84O14. The summed E-state index contributed by atoms with van der Waals surface area (Å²) in [4.78, 5) is 74.3. The van der Waals surface area contributed by atoms with Crippen molar-refractivity contribution in [2.45, 2.75) is 201 Å². The monoisotopic (exact) mass is 957 g/mol. The second-order valence-corrected chi connectivity index (χ2v) is 16.8. The van der Waals surface area contributed by atoms with Crippen LogP contribution < -0.4 is 0 Å². The van der Waals surface area contributed by atoms with E-state index in [4.69, 9.17) is 37.9 Å². The lowest BCUT2D eigenvalue weighted by atomic mass is 9.98. The van der Waals surface area contributed by atoms with Gasteiger partial charge in [-0.05, 0) is 77.0 Å².